The van der Waals surface area contributed by atoms with Gasteiger partial charge in [-0.05, 0) is 55.8 Å². The van der Waals surface area contributed by atoms with Crippen molar-refractivity contribution in [2.45, 2.75) is 58.9 Å². The Kier molecular flexibility index (Phi) is 5.76. The lowest BCUT2D eigenvalue weighted by Crippen LogP contribution is -2.31. The fourth-order valence-corrected chi connectivity index (χ4v) is 4.60. The summed E-state index contributed by atoms with van der Waals surface area (Å²) in [5.74, 6) is 0.506. The molecule has 28 heavy (non-hydrogen) atoms. The second-order valence-electron chi connectivity index (χ2n) is 8.18. The van der Waals surface area contributed by atoms with Crippen LogP contribution in [0.1, 0.15) is 66.3 Å². The summed E-state index contributed by atoms with van der Waals surface area (Å²) in [6.07, 6.45) is 7.33. The number of hydrogen-bond acceptors (Lipinski definition) is 4. The third-order valence-electron chi connectivity index (χ3n) is 6.38. The highest BCUT2D eigenvalue weighted by Crippen LogP contribution is 2.26. The third kappa shape index (κ3) is 3.83. The molecule has 1 N–H and O–H groups in total. The van der Waals surface area contributed by atoms with Crippen molar-refractivity contribution in [2.75, 3.05) is 19.6 Å². The molecule has 1 aliphatic carbocycles. The zero-order valence-corrected chi connectivity index (χ0v) is 17.1. The minimum atomic E-state index is -0.101. The van der Waals surface area contributed by atoms with Gasteiger partial charge in [-0.15, -0.1) is 5.10 Å². The van der Waals surface area contributed by atoms with Gasteiger partial charge in [-0.25, -0.2) is 4.68 Å². The summed E-state index contributed by atoms with van der Waals surface area (Å²) in [7, 11) is 0. The standard InChI is InChI=1S/C22H31N5O/c1-3-26-13-12-19-18(15-26)10-7-11-20(19)27-16(2)21(24-25-27)22(28)23-14-17-8-5-4-6-9-17/h7,10-11,17H,3-6,8-9,12-15H2,1-2H3,(H,23,28). The van der Waals surface area contributed by atoms with Gasteiger partial charge in [-0.2, -0.15) is 0 Å². The summed E-state index contributed by atoms with van der Waals surface area (Å²) in [6.45, 7) is 7.99. The summed E-state index contributed by atoms with van der Waals surface area (Å²) in [5.41, 5.74) is 5.00. The van der Waals surface area contributed by atoms with Gasteiger partial charge in [0, 0.05) is 19.6 Å². The van der Waals surface area contributed by atoms with Crippen molar-refractivity contribution in [1.29, 1.82) is 0 Å². The lowest BCUT2D eigenvalue weighted by atomic mass is 9.89. The Morgan fingerprint density at radius 1 is 1.25 bits per heavy atom. The zero-order valence-electron chi connectivity index (χ0n) is 17.1. The van der Waals surface area contributed by atoms with E-state index in [0.29, 0.717) is 11.6 Å². The normalized spacial score (nSPS) is 18.1. The van der Waals surface area contributed by atoms with Crippen LogP contribution in [0.2, 0.25) is 0 Å². The summed E-state index contributed by atoms with van der Waals surface area (Å²) >= 11 is 0. The average Bonchev–Trinajstić information content (AvgIpc) is 3.13. The first-order valence-corrected chi connectivity index (χ1v) is 10.7. The molecule has 0 radical (unpaired) electrons. The molecule has 2 heterocycles. The molecule has 0 unspecified atom stereocenters. The Bertz CT molecular complexity index is 837. The minimum Gasteiger partial charge on any atom is -0.350 e. The number of aromatic nitrogens is 3. The first-order valence-electron chi connectivity index (χ1n) is 10.7. The molecule has 2 aromatic rings. The number of amides is 1. The number of likely N-dealkylation sites (N-methyl/N-ethyl adjacent to an activating group) is 1. The molecule has 1 aliphatic heterocycles. The lowest BCUT2D eigenvalue weighted by Gasteiger charge is -2.29. The molecule has 0 bridgehead atoms. The summed E-state index contributed by atoms with van der Waals surface area (Å²) in [5, 5.41) is 11.7. The van der Waals surface area contributed by atoms with Gasteiger partial charge in [0.25, 0.3) is 5.91 Å². The van der Waals surface area contributed by atoms with E-state index in [1.807, 2.05) is 11.6 Å². The molecule has 6 nitrogen and oxygen atoms in total. The van der Waals surface area contributed by atoms with Crippen LogP contribution in [0.4, 0.5) is 0 Å². The number of rotatable bonds is 5. The largest absolute Gasteiger partial charge is 0.350 e. The Hall–Kier alpha value is -2.21. The van der Waals surface area contributed by atoms with Crippen LogP contribution in [-0.4, -0.2) is 45.4 Å². The quantitative estimate of drug-likeness (QED) is 0.863. The second-order valence-corrected chi connectivity index (χ2v) is 8.18. The number of nitrogens with zero attached hydrogens (tertiary/aromatic N) is 4. The maximum atomic E-state index is 12.7. The van der Waals surface area contributed by atoms with E-state index in [1.54, 1.807) is 0 Å². The van der Waals surface area contributed by atoms with Gasteiger partial charge < -0.3 is 5.32 Å². The van der Waals surface area contributed by atoms with E-state index in [9.17, 15) is 4.79 Å². The molecule has 1 fully saturated rings. The molecule has 1 aromatic carbocycles. The smallest absolute Gasteiger partial charge is 0.273 e. The lowest BCUT2D eigenvalue weighted by molar-refractivity contribution is 0.0938. The summed E-state index contributed by atoms with van der Waals surface area (Å²) in [4.78, 5) is 15.1. The van der Waals surface area contributed by atoms with E-state index in [-0.39, 0.29) is 5.91 Å². The van der Waals surface area contributed by atoms with Gasteiger partial charge in [-0.1, -0.05) is 43.5 Å². The third-order valence-corrected chi connectivity index (χ3v) is 6.38. The Morgan fingerprint density at radius 2 is 2.07 bits per heavy atom. The van der Waals surface area contributed by atoms with Crippen LogP contribution in [0, 0.1) is 12.8 Å². The number of hydrogen-bond donors (Lipinski definition) is 1. The highest BCUT2D eigenvalue weighted by atomic mass is 16.2. The highest BCUT2D eigenvalue weighted by Gasteiger charge is 2.23. The van der Waals surface area contributed by atoms with Crippen LogP contribution >= 0.6 is 0 Å². The van der Waals surface area contributed by atoms with Crippen LogP contribution < -0.4 is 5.32 Å². The topological polar surface area (TPSA) is 63.1 Å². The van der Waals surface area contributed by atoms with E-state index in [2.05, 4.69) is 45.7 Å². The number of benzene rings is 1. The molecule has 4 rings (SSSR count). The summed E-state index contributed by atoms with van der Waals surface area (Å²) in [6, 6.07) is 6.37. The van der Waals surface area contributed by atoms with Crippen molar-refractivity contribution in [2.24, 2.45) is 5.92 Å². The van der Waals surface area contributed by atoms with Crippen LogP contribution in [0.5, 0.6) is 0 Å². The SMILES string of the molecule is CCN1CCc2c(cccc2-n2nnc(C(=O)NCC3CCCCC3)c2C)C1. The van der Waals surface area contributed by atoms with Crippen molar-refractivity contribution < 1.29 is 4.79 Å². The number of carbonyl (C=O) groups excluding carboxylic acids is 1. The first kappa shape index (κ1) is 19.1. The maximum Gasteiger partial charge on any atom is 0.273 e. The van der Waals surface area contributed by atoms with E-state index >= 15 is 0 Å². The van der Waals surface area contributed by atoms with Gasteiger partial charge in [0.1, 0.15) is 0 Å². The Morgan fingerprint density at radius 3 is 2.86 bits per heavy atom. The van der Waals surface area contributed by atoms with Gasteiger partial charge >= 0.3 is 0 Å². The molecule has 150 valence electrons. The second kappa shape index (κ2) is 8.43. The van der Waals surface area contributed by atoms with Crippen molar-refractivity contribution >= 4 is 5.91 Å². The van der Waals surface area contributed by atoms with Gasteiger partial charge in [-0.3, -0.25) is 9.69 Å². The van der Waals surface area contributed by atoms with E-state index in [4.69, 9.17) is 0 Å². The van der Waals surface area contributed by atoms with Crippen LogP contribution in [0.3, 0.4) is 0 Å². The molecule has 1 saturated carbocycles. The number of carbonyl (C=O) groups is 1. The molecule has 1 amide bonds. The molecule has 6 heteroatoms. The van der Waals surface area contributed by atoms with Crippen LogP contribution in [0.25, 0.3) is 5.69 Å². The minimum absolute atomic E-state index is 0.101. The van der Waals surface area contributed by atoms with Crippen LogP contribution in [-0.2, 0) is 13.0 Å². The van der Waals surface area contributed by atoms with E-state index in [1.165, 1.54) is 43.2 Å². The molecule has 0 atom stereocenters. The number of nitrogens with one attached hydrogen (secondary N) is 1. The van der Waals surface area contributed by atoms with Crippen LogP contribution in [0.15, 0.2) is 18.2 Å². The predicted molar refractivity (Wildman–Crippen MR) is 110 cm³/mol. The van der Waals surface area contributed by atoms with Crippen molar-refractivity contribution in [3.05, 3.63) is 40.7 Å². The Balaban J connectivity index is 1.52. The summed E-state index contributed by atoms with van der Waals surface area (Å²) < 4.78 is 1.84. The van der Waals surface area contributed by atoms with Gasteiger partial charge in [0.15, 0.2) is 5.69 Å². The molecule has 0 saturated heterocycles. The molecular weight excluding hydrogens is 350 g/mol. The molecule has 0 spiro atoms. The van der Waals surface area contributed by atoms with E-state index in [0.717, 1.165) is 44.0 Å². The monoisotopic (exact) mass is 381 g/mol. The number of fused-ring (bicyclic) bond motifs is 1. The maximum absolute atomic E-state index is 12.7. The van der Waals surface area contributed by atoms with Crippen molar-refractivity contribution in [1.82, 2.24) is 25.2 Å². The molecule has 1 aromatic heterocycles. The zero-order chi connectivity index (χ0) is 19.5. The van der Waals surface area contributed by atoms with Gasteiger partial charge in [0.2, 0.25) is 0 Å². The van der Waals surface area contributed by atoms with E-state index < -0.39 is 0 Å². The van der Waals surface area contributed by atoms with Crippen molar-refractivity contribution in [3.63, 3.8) is 0 Å². The fraction of sp³-hybridized carbons (Fsp3) is 0.591. The Labute approximate surface area is 167 Å². The average molecular weight is 382 g/mol. The first-order chi connectivity index (χ1) is 13.7. The van der Waals surface area contributed by atoms with Crippen molar-refractivity contribution in [3.8, 4) is 5.69 Å². The van der Waals surface area contributed by atoms with Gasteiger partial charge in [0.05, 0.1) is 11.4 Å². The molecular formula is C22H31N5O. The predicted octanol–water partition coefficient (Wildman–Crippen LogP) is 3.26. The molecule has 2 aliphatic rings. The fourth-order valence-electron chi connectivity index (χ4n) is 4.60. The highest BCUT2D eigenvalue weighted by molar-refractivity contribution is 5.93.